The zero-order valence-electron chi connectivity index (χ0n) is 16.7. The summed E-state index contributed by atoms with van der Waals surface area (Å²) in [5.41, 5.74) is 0.705. The monoisotopic (exact) mass is 437 g/mol. The van der Waals surface area contributed by atoms with Gasteiger partial charge >= 0.3 is 5.97 Å². The second kappa shape index (κ2) is 9.43. The molecular weight excluding hydrogens is 414 g/mol. The van der Waals surface area contributed by atoms with Crippen LogP contribution in [-0.2, 0) is 9.59 Å². The number of para-hydroxylation sites is 1. The molecule has 156 valence electrons. The number of hydrogen-bond acceptors (Lipinski definition) is 5. The Labute approximate surface area is 179 Å². The highest BCUT2D eigenvalue weighted by atomic mass is 35.5. The topological polar surface area (TPSA) is 87.1 Å². The molecule has 0 fully saturated rings. The lowest BCUT2D eigenvalue weighted by Gasteiger charge is -2.30. The van der Waals surface area contributed by atoms with Crippen molar-refractivity contribution in [1.82, 2.24) is 0 Å². The Morgan fingerprint density at radius 3 is 2.48 bits per heavy atom. The van der Waals surface area contributed by atoms with Gasteiger partial charge in [-0.2, -0.15) is 0 Å². The first-order valence-corrected chi connectivity index (χ1v) is 10.1. The summed E-state index contributed by atoms with van der Waals surface area (Å²) in [7, 11) is 1.51. The van der Waals surface area contributed by atoms with Crippen molar-refractivity contribution in [3.8, 4) is 5.75 Å². The van der Waals surface area contributed by atoms with E-state index in [4.69, 9.17) is 21.4 Å². The van der Waals surface area contributed by atoms with Crippen LogP contribution >= 0.6 is 22.9 Å². The number of anilines is 1. The fourth-order valence-corrected chi connectivity index (χ4v) is 4.05. The Hall–Kier alpha value is -2.35. The highest BCUT2D eigenvalue weighted by molar-refractivity contribution is 7.20. The van der Waals surface area contributed by atoms with E-state index in [1.807, 2.05) is 20.8 Å². The lowest BCUT2D eigenvalue weighted by Crippen LogP contribution is -2.37. The summed E-state index contributed by atoms with van der Waals surface area (Å²) < 4.78 is 5.74. The van der Waals surface area contributed by atoms with Crippen molar-refractivity contribution in [3.05, 3.63) is 57.9 Å². The molecule has 0 aliphatic carbocycles. The van der Waals surface area contributed by atoms with Crippen molar-refractivity contribution in [2.24, 2.45) is 5.41 Å². The summed E-state index contributed by atoms with van der Waals surface area (Å²) >= 11 is 7.39. The largest absolute Gasteiger partial charge is 0.496 e. The number of halogens is 1. The van der Waals surface area contributed by atoms with Crippen LogP contribution in [0.3, 0.4) is 0 Å². The number of benzene rings is 1. The Balaban J connectivity index is 2.55. The second-order valence-corrected chi connectivity index (χ2v) is 9.27. The molecule has 2 N–H and O–H groups in total. The van der Waals surface area contributed by atoms with Gasteiger partial charge < -0.3 is 14.9 Å². The van der Waals surface area contributed by atoms with Crippen LogP contribution in [-0.4, -0.2) is 35.7 Å². The highest BCUT2D eigenvalue weighted by Gasteiger charge is 2.29. The molecule has 0 radical (unpaired) electrons. The number of aliphatic carboxylic acids is 1. The third kappa shape index (κ3) is 6.06. The number of aliphatic hydroxyl groups is 1. The number of carbonyl (C=O) groups excluding carboxylic acids is 1. The third-order valence-electron chi connectivity index (χ3n) is 3.95. The number of thiophene rings is 1. The number of hydrogen-bond donors (Lipinski definition) is 2. The third-order valence-corrected chi connectivity index (χ3v) is 5.25. The zero-order chi connectivity index (χ0) is 21.8. The number of methoxy groups -OCH3 is 1. The van der Waals surface area contributed by atoms with Gasteiger partial charge in [0.15, 0.2) is 0 Å². The van der Waals surface area contributed by atoms with Gasteiger partial charge in [-0.15, -0.1) is 11.3 Å². The number of ether oxygens (including phenoxy) is 1. The zero-order valence-corrected chi connectivity index (χ0v) is 18.3. The Kier molecular flexibility index (Phi) is 7.46. The summed E-state index contributed by atoms with van der Waals surface area (Å²) in [4.78, 5) is 25.1. The number of carboxylic acids is 1. The van der Waals surface area contributed by atoms with Crippen LogP contribution in [0.2, 0.25) is 4.34 Å². The molecule has 1 amide bonds. The molecule has 6 nitrogen and oxygen atoms in total. The molecular formula is C21H24ClNO5S. The standard InChI is InChI=1S/C21H24ClNO5S/c1-21(2,3)12-23(17(24)9-10-18(25)26)20-14(11-16(22)29-20)19(27)13-7-5-6-8-15(13)28-4/h5-11,19,27H,12H2,1-4H3,(H,25,26)/b10-9+. The van der Waals surface area contributed by atoms with E-state index < -0.39 is 18.0 Å². The van der Waals surface area contributed by atoms with E-state index in [9.17, 15) is 14.7 Å². The number of nitrogens with zero attached hydrogens (tertiary/aromatic N) is 1. The molecule has 0 bridgehead atoms. The average Bonchev–Trinajstić information content (AvgIpc) is 3.04. The summed E-state index contributed by atoms with van der Waals surface area (Å²) in [6, 6.07) is 8.66. The summed E-state index contributed by atoms with van der Waals surface area (Å²) in [6.07, 6.45) is 0.716. The highest BCUT2D eigenvalue weighted by Crippen LogP contribution is 2.43. The molecule has 1 aromatic carbocycles. The minimum absolute atomic E-state index is 0.282. The Bertz CT molecular complexity index is 916. The van der Waals surface area contributed by atoms with E-state index in [2.05, 4.69) is 0 Å². The maximum Gasteiger partial charge on any atom is 0.328 e. The van der Waals surface area contributed by atoms with Gasteiger partial charge in [0, 0.05) is 29.8 Å². The molecule has 0 spiro atoms. The second-order valence-electron chi connectivity index (χ2n) is 7.61. The van der Waals surface area contributed by atoms with Gasteiger partial charge in [-0.05, 0) is 17.5 Å². The van der Waals surface area contributed by atoms with Crippen molar-refractivity contribution >= 4 is 39.8 Å². The van der Waals surface area contributed by atoms with E-state index in [-0.39, 0.29) is 5.41 Å². The normalized spacial score (nSPS) is 12.8. The van der Waals surface area contributed by atoms with Gasteiger partial charge in [0.1, 0.15) is 16.9 Å². The van der Waals surface area contributed by atoms with Crippen molar-refractivity contribution < 1.29 is 24.5 Å². The van der Waals surface area contributed by atoms with Crippen molar-refractivity contribution in [2.45, 2.75) is 26.9 Å². The minimum Gasteiger partial charge on any atom is -0.496 e. The summed E-state index contributed by atoms with van der Waals surface area (Å²) in [5.74, 6) is -1.21. The lowest BCUT2D eigenvalue weighted by atomic mass is 9.95. The smallest absolute Gasteiger partial charge is 0.328 e. The molecule has 0 aliphatic heterocycles. The van der Waals surface area contributed by atoms with E-state index >= 15 is 0 Å². The molecule has 1 unspecified atom stereocenters. The van der Waals surface area contributed by atoms with E-state index in [0.717, 1.165) is 23.5 Å². The first-order valence-electron chi connectivity index (χ1n) is 8.86. The van der Waals surface area contributed by atoms with Crippen LogP contribution < -0.4 is 9.64 Å². The molecule has 2 aromatic rings. The molecule has 8 heteroatoms. The van der Waals surface area contributed by atoms with Gasteiger partial charge in [0.2, 0.25) is 0 Å². The van der Waals surface area contributed by atoms with Gasteiger partial charge in [-0.1, -0.05) is 50.6 Å². The maximum atomic E-state index is 12.8. The first kappa shape index (κ1) is 22.9. The molecule has 0 saturated carbocycles. The van der Waals surface area contributed by atoms with Crippen LogP contribution in [0.15, 0.2) is 42.5 Å². The average molecular weight is 438 g/mol. The van der Waals surface area contributed by atoms with Gasteiger partial charge in [0.05, 0.1) is 11.4 Å². The van der Waals surface area contributed by atoms with Crippen molar-refractivity contribution in [3.63, 3.8) is 0 Å². The molecule has 29 heavy (non-hydrogen) atoms. The van der Waals surface area contributed by atoms with Crippen molar-refractivity contribution in [1.29, 1.82) is 0 Å². The molecule has 1 heterocycles. The van der Waals surface area contributed by atoms with Crippen molar-refractivity contribution in [2.75, 3.05) is 18.6 Å². The van der Waals surface area contributed by atoms with Crippen LogP contribution in [0, 0.1) is 5.41 Å². The van der Waals surface area contributed by atoms with Crippen LogP contribution in [0.1, 0.15) is 38.0 Å². The van der Waals surface area contributed by atoms with Crippen LogP contribution in [0.5, 0.6) is 5.75 Å². The minimum atomic E-state index is -1.22. The fraction of sp³-hybridized carbons (Fsp3) is 0.333. The Morgan fingerprint density at radius 2 is 1.90 bits per heavy atom. The van der Waals surface area contributed by atoms with E-state index in [1.54, 1.807) is 30.3 Å². The predicted molar refractivity (Wildman–Crippen MR) is 115 cm³/mol. The molecule has 0 saturated heterocycles. The molecule has 0 aliphatic rings. The van der Waals surface area contributed by atoms with E-state index in [0.29, 0.717) is 32.8 Å². The van der Waals surface area contributed by atoms with Gasteiger partial charge in [-0.25, -0.2) is 4.79 Å². The quantitative estimate of drug-likeness (QED) is 0.622. The number of amides is 1. The first-order chi connectivity index (χ1) is 13.5. The number of carbonyl (C=O) groups is 2. The molecule has 1 aromatic heterocycles. The number of aliphatic hydroxyl groups excluding tert-OH is 1. The fourth-order valence-electron chi connectivity index (χ4n) is 2.79. The predicted octanol–water partition coefficient (Wildman–Crippen LogP) is 4.51. The van der Waals surface area contributed by atoms with Gasteiger partial charge in [0.25, 0.3) is 5.91 Å². The van der Waals surface area contributed by atoms with Crippen LogP contribution in [0.4, 0.5) is 5.00 Å². The SMILES string of the molecule is COc1ccccc1C(O)c1cc(Cl)sc1N(CC(C)(C)C)C(=O)/C=C/C(=O)O. The molecule has 1 atom stereocenters. The number of carboxylic acid groups (broad SMARTS) is 1. The van der Waals surface area contributed by atoms with Crippen LogP contribution in [0.25, 0.3) is 0 Å². The Morgan fingerprint density at radius 1 is 1.24 bits per heavy atom. The maximum absolute atomic E-state index is 12.8. The summed E-state index contributed by atoms with van der Waals surface area (Å²) in [5, 5.41) is 20.4. The summed E-state index contributed by atoms with van der Waals surface area (Å²) in [6.45, 7) is 6.18. The molecule has 2 rings (SSSR count). The van der Waals surface area contributed by atoms with Gasteiger partial charge in [-0.3, -0.25) is 9.69 Å². The van der Waals surface area contributed by atoms with E-state index in [1.165, 1.54) is 12.0 Å². The number of rotatable bonds is 7. The lowest BCUT2D eigenvalue weighted by molar-refractivity contribution is -0.131.